The molecule has 20 heavy (non-hydrogen) atoms. The van der Waals surface area contributed by atoms with Gasteiger partial charge in [-0.05, 0) is 36.6 Å². The summed E-state index contributed by atoms with van der Waals surface area (Å²) in [6.45, 7) is 0. The van der Waals surface area contributed by atoms with Crippen LogP contribution in [0, 0.1) is 0 Å². The second-order valence-corrected chi connectivity index (χ2v) is 5.47. The van der Waals surface area contributed by atoms with E-state index < -0.39 is 11.5 Å². The van der Waals surface area contributed by atoms with Gasteiger partial charge in [0.1, 0.15) is 0 Å². The maximum atomic E-state index is 12.4. The molecule has 1 aromatic rings. The minimum Gasteiger partial charge on any atom is -0.453 e. The van der Waals surface area contributed by atoms with Crippen molar-refractivity contribution in [1.82, 2.24) is 0 Å². The Balaban J connectivity index is 1.97. The Morgan fingerprint density at radius 1 is 1.30 bits per heavy atom. The number of rotatable bonds is 1. The molecule has 1 heterocycles. The van der Waals surface area contributed by atoms with E-state index in [1.165, 1.54) is 13.5 Å². The smallest absolute Gasteiger partial charge is 0.411 e. The molecule has 0 unspecified atom stereocenters. The van der Waals surface area contributed by atoms with E-state index in [-0.39, 0.29) is 5.91 Å². The molecule has 0 bridgehead atoms. The van der Waals surface area contributed by atoms with E-state index in [0.29, 0.717) is 5.69 Å². The van der Waals surface area contributed by atoms with Crippen LogP contribution >= 0.6 is 0 Å². The van der Waals surface area contributed by atoms with Gasteiger partial charge in [0.25, 0.3) is 0 Å². The van der Waals surface area contributed by atoms with Crippen LogP contribution in [0.25, 0.3) is 0 Å². The number of hydrogen-bond acceptors (Lipinski definition) is 3. The number of carbonyl (C=O) groups is 2. The summed E-state index contributed by atoms with van der Waals surface area (Å²) in [5.74, 6) is 0.0995. The van der Waals surface area contributed by atoms with E-state index in [9.17, 15) is 9.59 Å². The first-order chi connectivity index (χ1) is 9.65. The first-order valence-electron chi connectivity index (χ1n) is 6.97. The number of hydrogen-bond donors (Lipinski definition) is 2. The van der Waals surface area contributed by atoms with Crippen LogP contribution < -0.4 is 10.6 Å². The molecule has 2 N–H and O–H groups in total. The van der Waals surface area contributed by atoms with Crippen molar-refractivity contribution < 1.29 is 14.3 Å². The molecule has 1 fully saturated rings. The van der Waals surface area contributed by atoms with Crippen LogP contribution in [0.4, 0.5) is 16.2 Å². The summed E-state index contributed by atoms with van der Waals surface area (Å²) in [6, 6.07) is 5.52. The van der Waals surface area contributed by atoms with Crippen molar-refractivity contribution in [1.29, 1.82) is 0 Å². The van der Waals surface area contributed by atoms with E-state index in [0.717, 1.165) is 36.9 Å². The normalized spacial score (nSPS) is 19.4. The van der Waals surface area contributed by atoms with Gasteiger partial charge in [0, 0.05) is 11.4 Å². The molecule has 1 aliphatic carbocycles. The maximum Gasteiger partial charge on any atom is 0.411 e. The lowest BCUT2D eigenvalue weighted by atomic mass is 9.70. The number of ether oxygens (including phenoxy) is 1. The summed E-state index contributed by atoms with van der Waals surface area (Å²) in [5, 5.41) is 5.63. The number of benzene rings is 1. The van der Waals surface area contributed by atoms with Crippen molar-refractivity contribution in [3.8, 4) is 0 Å². The van der Waals surface area contributed by atoms with Crippen molar-refractivity contribution in [3.63, 3.8) is 0 Å². The van der Waals surface area contributed by atoms with Crippen molar-refractivity contribution in [2.75, 3.05) is 17.7 Å². The highest BCUT2D eigenvalue weighted by atomic mass is 16.5. The Morgan fingerprint density at radius 2 is 2.05 bits per heavy atom. The van der Waals surface area contributed by atoms with Crippen molar-refractivity contribution in [2.24, 2.45) is 0 Å². The Morgan fingerprint density at radius 3 is 2.75 bits per heavy atom. The topological polar surface area (TPSA) is 67.4 Å². The molecule has 1 spiro atoms. The zero-order valence-electron chi connectivity index (χ0n) is 11.5. The molecule has 1 aromatic carbocycles. The first kappa shape index (κ1) is 13.0. The molecule has 0 saturated heterocycles. The lowest BCUT2D eigenvalue weighted by molar-refractivity contribution is -0.121. The van der Waals surface area contributed by atoms with Gasteiger partial charge in [-0.3, -0.25) is 10.1 Å². The molecule has 0 radical (unpaired) electrons. The summed E-state index contributed by atoms with van der Waals surface area (Å²) < 4.78 is 4.60. The maximum absolute atomic E-state index is 12.4. The highest BCUT2D eigenvalue weighted by Crippen LogP contribution is 2.48. The van der Waals surface area contributed by atoms with Gasteiger partial charge in [0.15, 0.2) is 0 Å². The monoisotopic (exact) mass is 274 g/mol. The molecule has 0 atom stereocenters. The molecule has 2 amide bonds. The zero-order chi connectivity index (χ0) is 14.2. The molecule has 2 aliphatic rings. The van der Waals surface area contributed by atoms with Gasteiger partial charge in [0.2, 0.25) is 5.91 Å². The fourth-order valence-corrected chi connectivity index (χ4v) is 3.31. The fourth-order valence-electron chi connectivity index (χ4n) is 3.31. The highest BCUT2D eigenvalue weighted by molar-refractivity contribution is 6.07. The summed E-state index contributed by atoms with van der Waals surface area (Å²) >= 11 is 0. The molecule has 1 saturated carbocycles. The number of fused-ring (bicyclic) bond motifs is 2. The molecule has 1 aliphatic heterocycles. The minimum absolute atomic E-state index is 0.0995. The molecule has 5 heteroatoms. The Bertz CT molecular complexity index is 562. The van der Waals surface area contributed by atoms with Crippen LogP contribution in [0.15, 0.2) is 18.2 Å². The van der Waals surface area contributed by atoms with E-state index >= 15 is 0 Å². The standard InChI is InChI=1S/C15H18N2O3/c1-20-14(19)16-10-5-6-12-11(9-10)15(13(18)17-12)7-3-2-4-8-15/h5-6,9H,2-4,7-8H2,1H3,(H,16,19)(H,17,18). The minimum atomic E-state index is -0.500. The molecule has 106 valence electrons. The molecule has 0 aromatic heterocycles. The average Bonchev–Trinajstić information content (AvgIpc) is 2.73. The van der Waals surface area contributed by atoms with Crippen molar-refractivity contribution in [2.45, 2.75) is 37.5 Å². The van der Waals surface area contributed by atoms with Crippen LogP contribution in [0.2, 0.25) is 0 Å². The van der Waals surface area contributed by atoms with Crippen LogP contribution in [0.1, 0.15) is 37.7 Å². The van der Waals surface area contributed by atoms with E-state index in [1.54, 1.807) is 6.07 Å². The lowest BCUT2D eigenvalue weighted by Crippen LogP contribution is -2.36. The van der Waals surface area contributed by atoms with Crippen molar-refractivity contribution >= 4 is 23.4 Å². The van der Waals surface area contributed by atoms with Gasteiger partial charge < -0.3 is 10.1 Å². The zero-order valence-corrected chi connectivity index (χ0v) is 11.5. The van der Waals surface area contributed by atoms with Gasteiger partial charge in [0.05, 0.1) is 12.5 Å². The van der Waals surface area contributed by atoms with Crippen LogP contribution in [-0.2, 0) is 14.9 Å². The summed E-state index contributed by atoms with van der Waals surface area (Å²) in [6.07, 6.45) is 4.59. The molecular formula is C15H18N2O3. The second-order valence-electron chi connectivity index (χ2n) is 5.47. The van der Waals surface area contributed by atoms with Gasteiger partial charge in [-0.25, -0.2) is 4.79 Å². The van der Waals surface area contributed by atoms with Gasteiger partial charge in [-0.15, -0.1) is 0 Å². The quantitative estimate of drug-likeness (QED) is 0.827. The molecule has 5 nitrogen and oxygen atoms in total. The Labute approximate surface area is 117 Å². The van der Waals surface area contributed by atoms with Crippen LogP contribution in [0.5, 0.6) is 0 Å². The van der Waals surface area contributed by atoms with Crippen LogP contribution in [0.3, 0.4) is 0 Å². The Kier molecular flexibility index (Phi) is 3.12. The highest BCUT2D eigenvalue weighted by Gasteiger charge is 2.47. The Hall–Kier alpha value is -2.04. The third-order valence-electron chi connectivity index (χ3n) is 4.36. The third-order valence-corrected chi connectivity index (χ3v) is 4.36. The summed E-state index contributed by atoms with van der Waals surface area (Å²) in [7, 11) is 1.33. The lowest BCUT2D eigenvalue weighted by Gasteiger charge is -2.31. The second kappa shape index (κ2) is 4.81. The number of nitrogens with one attached hydrogen (secondary N) is 2. The van der Waals surface area contributed by atoms with E-state index in [4.69, 9.17) is 0 Å². The van der Waals surface area contributed by atoms with Crippen LogP contribution in [-0.4, -0.2) is 19.1 Å². The number of methoxy groups -OCH3 is 1. The van der Waals surface area contributed by atoms with E-state index in [2.05, 4.69) is 15.4 Å². The number of amides is 2. The van der Waals surface area contributed by atoms with E-state index in [1.807, 2.05) is 12.1 Å². The summed E-state index contributed by atoms with van der Waals surface area (Å²) in [4.78, 5) is 23.7. The fraction of sp³-hybridized carbons (Fsp3) is 0.467. The number of carbonyl (C=O) groups excluding carboxylic acids is 2. The predicted molar refractivity (Wildman–Crippen MR) is 75.9 cm³/mol. The third kappa shape index (κ3) is 1.94. The average molecular weight is 274 g/mol. The van der Waals surface area contributed by atoms with Gasteiger partial charge in [-0.2, -0.15) is 0 Å². The predicted octanol–water partition coefficient (Wildman–Crippen LogP) is 3.02. The number of anilines is 2. The largest absolute Gasteiger partial charge is 0.453 e. The summed E-state index contributed by atoms with van der Waals surface area (Å²) in [5.41, 5.74) is 2.14. The van der Waals surface area contributed by atoms with Crippen molar-refractivity contribution in [3.05, 3.63) is 23.8 Å². The first-order valence-corrected chi connectivity index (χ1v) is 6.97. The van der Waals surface area contributed by atoms with Gasteiger partial charge in [-0.1, -0.05) is 19.3 Å². The molecular weight excluding hydrogens is 256 g/mol. The SMILES string of the molecule is COC(=O)Nc1ccc2c(c1)C1(CCCCC1)C(=O)N2. The molecule has 3 rings (SSSR count). The van der Waals surface area contributed by atoms with Gasteiger partial charge >= 0.3 is 6.09 Å².